The second-order valence-corrected chi connectivity index (χ2v) is 9.16. The summed E-state index contributed by atoms with van der Waals surface area (Å²) in [6, 6.07) is 20.7. The SMILES string of the molecule is CC(=O)Nc1ccc(C(=O)OC(C(=O)Nc2ccc(C)cc2-c2cnc(N(C)C)nc2)c2ccccc2)cc1. The molecule has 3 aromatic carbocycles. The predicted octanol–water partition coefficient (Wildman–Crippen LogP) is 5.01. The maximum atomic E-state index is 13.6. The Balaban J connectivity index is 1.61. The van der Waals surface area contributed by atoms with Crippen LogP contribution in [0.5, 0.6) is 0 Å². The van der Waals surface area contributed by atoms with Crippen LogP contribution in [0.15, 0.2) is 85.2 Å². The molecular formula is C30H29N5O4. The van der Waals surface area contributed by atoms with Crippen LogP contribution in [0, 0.1) is 6.92 Å². The van der Waals surface area contributed by atoms with Gasteiger partial charge in [0.15, 0.2) is 0 Å². The van der Waals surface area contributed by atoms with Crippen molar-refractivity contribution in [2.45, 2.75) is 20.0 Å². The molecule has 0 aliphatic carbocycles. The molecule has 0 aliphatic rings. The first-order chi connectivity index (χ1) is 18.7. The van der Waals surface area contributed by atoms with Crippen molar-refractivity contribution in [1.82, 2.24) is 9.97 Å². The molecule has 0 aliphatic heterocycles. The number of anilines is 3. The summed E-state index contributed by atoms with van der Waals surface area (Å²) in [7, 11) is 3.71. The summed E-state index contributed by atoms with van der Waals surface area (Å²) >= 11 is 0. The van der Waals surface area contributed by atoms with Gasteiger partial charge in [0.2, 0.25) is 18.0 Å². The van der Waals surface area contributed by atoms with Crippen LogP contribution in [0.3, 0.4) is 0 Å². The van der Waals surface area contributed by atoms with Crippen molar-refractivity contribution < 1.29 is 19.1 Å². The van der Waals surface area contributed by atoms with Gasteiger partial charge < -0.3 is 20.3 Å². The van der Waals surface area contributed by atoms with E-state index in [1.54, 1.807) is 59.8 Å². The Morgan fingerprint density at radius 2 is 1.54 bits per heavy atom. The molecule has 0 radical (unpaired) electrons. The number of ether oxygens (including phenoxy) is 1. The van der Waals surface area contributed by atoms with Gasteiger partial charge in [-0.3, -0.25) is 9.59 Å². The number of aryl methyl sites for hydroxylation is 1. The van der Waals surface area contributed by atoms with Gasteiger partial charge in [-0.05, 0) is 43.3 Å². The summed E-state index contributed by atoms with van der Waals surface area (Å²) in [4.78, 5) is 48.5. The molecule has 9 nitrogen and oxygen atoms in total. The van der Waals surface area contributed by atoms with E-state index in [2.05, 4.69) is 20.6 Å². The van der Waals surface area contributed by atoms with Crippen LogP contribution in [0.25, 0.3) is 11.1 Å². The fourth-order valence-corrected chi connectivity index (χ4v) is 3.86. The van der Waals surface area contributed by atoms with Crippen molar-refractivity contribution in [3.8, 4) is 11.1 Å². The molecule has 0 spiro atoms. The maximum absolute atomic E-state index is 13.6. The molecule has 198 valence electrons. The summed E-state index contributed by atoms with van der Waals surface area (Å²) in [6.45, 7) is 3.35. The average Bonchev–Trinajstić information content (AvgIpc) is 2.93. The summed E-state index contributed by atoms with van der Waals surface area (Å²) in [5, 5.41) is 5.58. The third-order valence-electron chi connectivity index (χ3n) is 5.79. The molecule has 39 heavy (non-hydrogen) atoms. The Morgan fingerprint density at radius 3 is 2.15 bits per heavy atom. The van der Waals surface area contributed by atoms with Crippen molar-refractivity contribution >= 4 is 35.1 Å². The van der Waals surface area contributed by atoms with Crippen LogP contribution in [0.2, 0.25) is 0 Å². The van der Waals surface area contributed by atoms with Gasteiger partial charge in [-0.15, -0.1) is 0 Å². The van der Waals surface area contributed by atoms with Gasteiger partial charge >= 0.3 is 5.97 Å². The number of esters is 1. The van der Waals surface area contributed by atoms with Crippen molar-refractivity contribution in [3.63, 3.8) is 0 Å². The molecule has 9 heteroatoms. The van der Waals surface area contributed by atoms with E-state index in [0.29, 0.717) is 22.9 Å². The van der Waals surface area contributed by atoms with Gasteiger partial charge in [0.25, 0.3) is 5.91 Å². The molecule has 0 bridgehead atoms. The highest BCUT2D eigenvalue weighted by molar-refractivity contribution is 6.01. The van der Waals surface area contributed by atoms with Crippen molar-refractivity contribution in [3.05, 3.63) is 102 Å². The highest BCUT2D eigenvalue weighted by atomic mass is 16.5. The number of amides is 2. The number of carbonyl (C=O) groups excluding carboxylic acids is 3. The fourth-order valence-electron chi connectivity index (χ4n) is 3.86. The zero-order valence-corrected chi connectivity index (χ0v) is 22.1. The molecule has 2 N–H and O–H groups in total. The number of hydrogen-bond donors (Lipinski definition) is 2. The first-order valence-electron chi connectivity index (χ1n) is 12.3. The number of carbonyl (C=O) groups is 3. The summed E-state index contributed by atoms with van der Waals surface area (Å²) in [6.07, 6.45) is 2.19. The molecule has 4 rings (SSSR count). The number of rotatable bonds is 8. The lowest BCUT2D eigenvalue weighted by Gasteiger charge is -2.20. The van der Waals surface area contributed by atoms with Crippen LogP contribution < -0.4 is 15.5 Å². The highest BCUT2D eigenvalue weighted by Crippen LogP contribution is 2.30. The molecule has 1 unspecified atom stereocenters. The van der Waals surface area contributed by atoms with E-state index in [-0.39, 0.29) is 11.5 Å². The minimum atomic E-state index is -1.21. The summed E-state index contributed by atoms with van der Waals surface area (Å²) in [5.41, 5.74) is 4.30. The zero-order chi connectivity index (χ0) is 27.9. The second-order valence-electron chi connectivity index (χ2n) is 9.16. The topological polar surface area (TPSA) is 114 Å². The minimum absolute atomic E-state index is 0.221. The van der Waals surface area contributed by atoms with E-state index in [0.717, 1.165) is 16.7 Å². The average molecular weight is 524 g/mol. The number of nitrogens with zero attached hydrogens (tertiary/aromatic N) is 3. The molecule has 2 amide bonds. The molecule has 1 aromatic heterocycles. The third-order valence-corrected chi connectivity index (χ3v) is 5.79. The predicted molar refractivity (Wildman–Crippen MR) is 151 cm³/mol. The Kier molecular flexibility index (Phi) is 8.30. The fraction of sp³-hybridized carbons (Fsp3) is 0.167. The lowest BCUT2D eigenvalue weighted by Crippen LogP contribution is -2.26. The van der Waals surface area contributed by atoms with Crippen LogP contribution in [-0.4, -0.2) is 41.8 Å². The highest BCUT2D eigenvalue weighted by Gasteiger charge is 2.26. The first kappa shape index (κ1) is 27.0. The number of aromatic nitrogens is 2. The first-order valence-corrected chi connectivity index (χ1v) is 12.3. The van der Waals surface area contributed by atoms with Crippen molar-refractivity contribution in [1.29, 1.82) is 0 Å². The van der Waals surface area contributed by atoms with Crippen LogP contribution in [0.1, 0.15) is 34.5 Å². The molecule has 0 fully saturated rings. The number of nitrogens with one attached hydrogen (secondary N) is 2. The van der Waals surface area contributed by atoms with E-state index < -0.39 is 18.0 Å². The van der Waals surface area contributed by atoms with E-state index in [4.69, 9.17) is 4.74 Å². The Labute approximate surface area is 226 Å². The standard InChI is InChI=1S/C30H29N5O4/c1-19-10-15-26(25(16-19)23-17-31-30(32-18-23)35(3)4)34-28(37)27(21-8-6-5-7-9-21)39-29(38)22-11-13-24(14-12-22)33-20(2)36/h5-18,27H,1-4H3,(H,33,36)(H,34,37). The van der Waals surface area contributed by atoms with Gasteiger partial charge in [0.1, 0.15) is 0 Å². The monoisotopic (exact) mass is 523 g/mol. The van der Waals surface area contributed by atoms with Gasteiger partial charge in [0.05, 0.1) is 5.56 Å². The molecule has 1 heterocycles. The molecule has 0 saturated heterocycles. The molecular weight excluding hydrogens is 494 g/mol. The van der Waals surface area contributed by atoms with Crippen molar-refractivity contribution in [2.24, 2.45) is 0 Å². The normalized spacial score (nSPS) is 11.3. The third kappa shape index (κ3) is 6.84. The summed E-state index contributed by atoms with van der Waals surface area (Å²) < 4.78 is 5.72. The van der Waals surface area contributed by atoms with Crippen LogP contribution in [-0.2, 0) is 14.3 Å². The molecule has 0 saturated carbocycles. The Bertz CT molecular complexity index is 1470. The molecule has 4 aromatic rings. The smallest absolute Gasteiger partial charge is 0.339 e. The van der Waals surface area contributed by atoms with Gasteiger partial charge in [-0.1, -0.05) is 42.0 Å². The van der Waals surface area contributed by atoms with E-state index >= 15 is 0 Å². The van der Waals surface area contributed by atoms with Crippen LogP contribution >= 0.6 is 0 Å². The summed E-state index contributed by atoms with van der Waals surface area (Å²) in [5.74, 6) is -0.842. The van der Waals surface area contributed by atoms with E-state index in [9.17, 15) is 14.4 Å². The van der Waals surface area contributed by atoms with E-state index in [1.807, 2.05) is 39.2 Å². The van der Waals surface area contributed by atoms with E-state index in [1.165, 1.54) is 19.1 Å². The van der Waals surface area contributed by atoms with Gasteiger partial charge in [-0.2, -0.15) is 0 Å². The van der Waals surface area contributed by atoms with Gasteiger partial charge in [-0.25, -0.2) is 14.8 Å². The minimum Gasteiger partial charge on any atom is -0.444 e. The van der Waals surface area contributed by atoms with Crippen molar-refractivity contribution in [2.75, 3.05) is 29.6 Å². The lowest BCUT2D eigenvalue weighted by molar-refractivity contribution is -0.125. The number of benzene rings is 3. The zero-order valence-electron chi connectivity index (χ0n) is 22.1. The molecule has 1 atom stereocenters. The second kappa shape index (κ2) is 12.0. The Hall–Kier alpha value is -5.05. The number of hydrogen-bond acceptors (Lipinski definition) is 7. The van der Waals surface area contributed by atoms with Crippen LogP contribution in [0.4, 0.5) is 17.3 Å². The Morgan fingerprint density at radius 1 is 0.872 bits per heavy atom. The quantitative estimate of drug-likeness (QED) is 0.312. The lowest BCUT2D eigenvalue weighted by atomic mass is 10.0. The van der Waals surface area contributed by atoms with Gasteiger partial charge in [0, 0.05) is 61.5 Å². The maximum Gasteiger partial charge on any atom is 0.339 e. The largest absolute Gasteiger partial charge is 0.444 e.